The molecule has 5 atom stereocenters. The van der Waals surface area contributed by atoms with Gasteiger partial charge >= 0.3 is 0 Å². The minimum absolute atomic E-state index is 0.344. The molecular formula is C26H33ClO6. The number of hydrogen-bond acceptors (Lipinski definition) is 6. The first-order chi connectivity index (χ1) is 15.9. The normalized spacial score (nSPS) is 28.8. The van der Waals surface area contributed by atoms with Crippen molar-refractivity contribution >= 4 is 11.6 Å². The van der Waals surface area contributed by atoms with E-state index in [-0.39, 0.29) is 0 Å². The number of aliphatic hydroxyl groups is 4. The third-order valence-electron chi connectivity index (χ3n) is 7.32. The number of rotatable bonds is 8. The van der Waals surface area contributed by atoms with Crippen LogP contribution < -0.4 is 4.74 Å². The van der Waals surface area contributed by atoms with Gasteiger partial charge in [-0.05, 0) is 60.6 Å². The van der Waals surface area contributed by atoms with Crippen LogP contribution in [0.25, 0.3) is 0 Å². The van der Waals surface area contributed by atoms with Crippen molar-refractivity contribution in [2.45, 2.75) is 69.5 Å². The second-order valence-corrected chi connectivity index (χ2v) is 9.82. The third-order valence-corrected chi connectivity index (χ3v) is 7.69. The molecule has 0 aromatic heterocycles. The maximum Gasteiger partial charge on any atom is 0.119 e. The average Bonchev–Trinajstić information content (AvgIpc) is 2.80. The van der Waals surface area contributed by atoms with Crippen molar-refractivity contribution in [1.29, 1.82) is 0 Å². The van der Waals surface area contributed by atoms with Crippen LogP contribution in [0.4, 0.5) is 0 Å². The highest BCUT2D eigenvalue weighted by atomic mass is 35.5. The first kappa shape index (κ1) is 24.5. The molecule has 1 heterocycles. The summed E-state index contributed by atoms with van der Waals surface area (Å²) >= 11 is 6.44. The summed E-state index contributed by atoms with van der Waals surface area (Å²) in [5.41, 5.74) is 2.87. The van der Waals surface area contributed by atoms with Crippen LogP contribution in [0.2, 0.25) is 5.02 Å². The molecule has 0 amide bonds. The molecule has 1 saturated heterocycles. The van der Waals surface area contributed by atoms with Gasteiger partial charge in [-0.15, -0.1) is 0 Å². The highest BCUT2D eigenvalue weighted by molar-refractivity contribution is 6.31. The smallest absolute Gasteiger partial charge is 0.119 e. The van der Waals surface area contributed by atoms with E-state index in [0.29, 0.717) is 22.4 Å². The van der Waals surface area contributed by atoms with Crippen molar-refractivity contribution in [3.05, 3.63) is 64.2 Å². The Kier molecular flexibility index (Phi) is 7.63. The third kappa shape index (κ3) is 5.21. The van der Waals surface area contributed by atoms with Gasteiger partial charge in [-0.25, -0.2) is 0 Å². The fourth-order valence-electron chi connectivity index (χ4n) is 4.72. The topological polar surface area (TPSA) is 99.4 Å². The van der Waals surface area contributed by atoms with E-state index in [0.717, 1.165) is 29.9 Å². The zero-order valence-corrected chi connectivity index (χ0v) is 19.6. The van der Waals surface area contributed by atoms with Gasteiger partial charge in [-0.2, -0.15) is 0 Å². The number of aliphatic hydroxyl groups excluding tert-OH is 4. The summed E-state index contributed by atoms with van der Waals surface area (Å²) < 4.78 is 11.7. The van der Waals surface area contributed by atoms with Crippen LogP contribution in [0.15, 0.2) is 42.5 Å². The SMILES string of the molecule is CCC1(COc2ccc(Cc3cc([C@@H]4OC(CO)C(O)C(O)[C@H]4O)ccc3Cl)cc2)CCC1. The summed E-state index contributed by atoms with van der Waals surface area (Å²) in [6, 6.07) is 13.3. The van der Waals surface area contributed by atoms with Gasteiger partial charge < -0.3 is 29.9 Å². The maximum absolute atomic E-state index is 10.4. The van der Waals surface area contributed by atoms with Crippen molar-refractivity contribution in [2.24, 2.45) is 5.41 Å². The van der Waals surface area contributed by atoms with Gasteiger partial charge in [0.15, 0.2) is 0 Å². The van der Waals surface area contributed by atoms with Gasteiger partial charge in [-0.1, -0.05) is 49.2 Å². The van der Waals surface area contributed by atoms with E-state index in [1.54, 1.807) is 12.1 Å². The zero-order chi connectivity index (χ0) is 23.6. The van der Waals surface area contributed by atoms with Gasteiger partial charge in [0.2, 0.25) is 0 Å². The van der Waals surface area contributed by atoms with Gasteiger partial charge in [0.05, 0.1) is 13.2 Å². The molecule has 4 rings (SSSR count). The largest absolute Gasteiger partial charge is 0.493 e. The predicted molar refractivity (Wildman–Crippen MR) is 125 cm³/mol. The molecule has 2 fully saturated rings. The summed E-state index contributed by atoms with van der Waals surface area (Å²) in [5.74, 6) is 0.861. The molecule has 180 valence electrons. The highest BCUT2D eigenvalue weighted by Crippen LogP contribution is 2.44. The van der Waals surface area contributed by atoms with E-state index >= 15 is 0 Å². The first-order valence-corrected chi connectivity index (χ1v) is 12.0. The van der Waals surface area contributed by atoms with Crippen molar-refractivity contribution < 1.29 is 29.9 Å². The molecule has 1 saturated carbocycles. The van der Waals surface area contributed by atoms with E-state index in [2.05, 4.69) is 6.92 Å². The monoisotopic (exact) mass is 476 g/mol. The highest BCUT2D eigenvalue weighted by Gasteiger charge is 2.44. The van der Waals surface area contributed by atoms with Crippen LogP contribution >= 0.6 is 11.6 Å². The van der Waals surface area contributed by atoms with Crippen LogP contribution in [0.5, 0.6) is 5.75 Å². The molecule has 1 aliphatic carbocycles. The molecule has 2 aliphatic rings. The molecule has 0 radical (unpaired) electrons. The van der Waals surface area contributed by atoms with Crippen LogP contribution in [0.3, 0.4) is 0 Å². The Morgan fingerprint density at radius 1 is 1.03 bits per heavy atom. The molecule has 0 bridgehead atoms. The summed E-state index contributed by atoms with van der Waals surface area (Å²) in [6.45, 7) is 2.53. The van der Waals surface area contributed by atoms with E-state index < -0.39 is 37.1 Å². The minimum Gasteiger partial charge on any atom is -0.493 e. The van der Waals surface area contributed by atoms with Gasteiger partial charge in [-0.3, -0.25) is 0 Å². The average molecular weight is 477 g/mol. The van der Waals surface area contributed by atoms with Crippen LogP contribution in [-0.2, 0) is 11.2 Å². The number of benzene rings is 2. The van der Waals surface area contributed by atoms with Crippen LogP contribution in [0.1, 0.15) is 55.4 Å². The molecule has 2 aromatic carbocycles. The minimum atomic E-state index is -1.42. The number of halogens is 1. The molecule has 3 unspecified atom stereocenters. The standard InChI is InChI=1S/C26H33ClO6/c1-2-26(10-3-11-26)15-32-19-7-4-16(5-8-19)12-18-13-17(6-9-20(18)27)25-24(31)23(30)22(29)21(14-28)33-25/h4-9,13,21-25,28-31H,2-3,10-12,14-15H2,1H3/t21?,22?,23?,24-,25+/m1/s1. The Balaban J connectivity index is 1.45. The zero-order valence-electron chi connectivity index (χ0n) is 18.9. The second-order valence-electron chi connectivity index (χ2n) is 9.42. The lowest BCUT2D eigenvalue weighted by atomic mass is 9.68. The van der Waals surface area contributed by atoms with Crippen molar-refractivity contribution in [1.82, 2.24) is 0 Å². The van der Waals surface area contributed by atoms with Gasteiger partial charge in [0, 0.05) is 10.4 Å². The Morgan fingerprint density at radius 3 is 2.36 bits per heavy atom. The van der Waals surface area contributed by atoms with Crippen molar-refractivity contribution in [2.75, 3.05) is 13.2 Å². The fraction of sp³-hybridized carbons (Fsp3) is 0.538. The lowest BCUT2D eigenvalue weighted by molar-refractivity contribution is -0.231. The van der Waals surface area contributed by atoms with Crippen molar-refractivity contribution in [3.63, 3.8) is 0 Å². The lowest BCUT2D eigenvalue weighted by Crippen LogP contribution is -2.55. The lowest BCUT2D eigenvalue weighted by Gasteiger charge is -2.40. The summed E-state index contributed by atoms with van der Waals surface area (Å²) in [7, 11) is 0. The first-order valence-electron chi connectivity index (χ1n) is 11.7. The van der Waals surface area contributed by atoms with E-state index in [4.69, 9.17) is 21.1 Å². The summed E-state index contributed by atoms with van der Waals surface area (Å²) in [5, 5.41) is 40.6. The number of ether oxygens (including phenoxy) is 2. The Morgan fingerprint density at radius 2 is 1.76 bits per heavy atom. The molecule has 4 N–H and O–H groups in total. The molecule has 33 heavy (non-hydrogen) atoms. The summed E-state index contributed by atoms with van der Waals surface area (Å²) in [4.78, 5) is 0. The fourth-order valence-corrected chi connectivity index (χ4v) is 4.91. The van der Waals surface area contributed by atoms with E-state index in [1.165, 1.54) is 19.3 Å². The van der Waals surface area contributed by atoms with Crippen molar-refractivity contribution in [3.8, 4) is 5.75 Å². The second kappa shape index (κ2) is 10.3. The van der Waals surface area contributed by atoms with Gasteiger partial charge in [0.25, 0.3) is 0 Å². The predicted octanol–water partition coefficient (Wildman–Crippen LogP) is 3.40. The number of hydrogen-bond donors (Lipinski definition) is 4. The Labute approximate surface area is 199 Å². The molecule has 0 spiro atoms. The van der Waals surface area contributed by atoms with E-state index in [9.17, 15) is 20.4 Å². The molecule has 6 nitrogen and oxygen atoms in total. The van der Waals surface area contributed by atoms with E-state index in [1.807, 2.05) is 30.3 Å². The quantitative estimate of drug-likeness (QED) is 0.466. The Bertz CT molecular complexity index is 921. The molecule has 7 heteroatoms. The molecule has 1 aliphatic heterocycles. The summed E-state index contributed by atoms with van der Waals surface area (Å²) in [6.07, 6.45) is -0.469. The maximum atomic E-state index is 10.4. The molecular weight excluding hydrogens is 444 g/mol. The van der Waals surface area contributed by atoms with Crippen LogP contribution in [-0.4, -0.2) is 58.1 Å². The Hall–Kier alpha value is -1.67. The van der Waals surface area contributed by atoms with Gasteiger partial charge in [0.1, 0.15) is 36.3 Å². The van der Waals surface area contributed by atoms with Crippen LogP contribution in [0, 0.1) is 5.41 Å². The molecule has 2 aromatic rings.